The molecule has 0 aromatic rings. The molecule has 3 saturated heterocycles. The van der Waals surface area contributed by atoms with Crippen LogP contribution in [0, 0.1) is 0 Å². The van der Waals surface area contributed by atoms with E-state index < -0.39 is 6.16 Å². The SMILES string of the molecule is CC.O=C(F)N1CC2CC(C1)N2. The number of carbonyl (C=O) groups excluding carboxylic acids is 1. The molecule has 3 heterocycles. The average molecular weight is 174 g/mol. The van der Waals surface area contributed by atoms with E-state index >= 15 is 0 Å². The molecule has 0 aromatic heterocycles. The second kappa shape index (κ2) is 3.85. The van der Waals surface area contributed by atoms with E-state index in [2.05, 4.69) is 5.32 Å². The third-order valence-corrected chi connectivity index (χ3v) is 2.17. The minimum atomic E-state index is -1.28. The lowest BCUT2D eigenvalue weighted by Crippen LogP contribution is -2.67. The first kappa shape index (κ1) is 9.45. The van der Waals surface area contributed by atoms with Crippen LogP contribution in [-0.2, 0) is 0 Å². The van der Waals surface area contributed by atoms with E-state index in [1.807, 2.05) is 13.8 Å². The highest BCUT2D eigenvalue weighted by atomic mass is 19.1. The van der Waals surface area contributed by atoms with E-state index in [-0.39, 0.29) is 0 Å². The highest BCUT2D eigenvalue weighted by Crippen LogP contribution is 2.20. The highest BCUT2D eigenvalue weighted by molar-refractivity contribution is 5.66. The van der Waals surface area contributed by atoms with Gasteiger partial charge in [0, 0.05) is 25.2 Å². The molecule has 4 heteroatoms. The first-order valence-electron chi connectivity index (χ1n) is 4.46. The predicted octanol–water partition coefficient (Wildman–Crippen LogP) is 1.15. The van der Waals surface area contributed by atoms with Crippen molar-refractivity contribution in [3.8, 4) is 0 Å². The van der Waals surface area contributed by atoms with Crippen molar-refractivity contribution in [1.82, 2.24) is 10.2 Å². The van der Waals surface area contributed by atoms with Crippen molar-refractivity contribution < 1.29 is 9.18 Å². The van der Waals surface area contributed by atoms with Crippen molar-refractivity contribution in [3.63, 3.8) is 0 Å². The van der Waals surface area contributed by atoms with Gasteiger partial charge in [0.05, 0.1) is 0 Å². The smallest absolute Gasteiger partial charge is 0.312 e. The van der Waals surface area contributed by atoms with Gasteiger partial charge in [0.15, 0.2) is 0 Å². The van der Waals surface area contributed by atoms with Crippen LogP contribution in [0.15, 0.2) is 0 Å². The summed E-state index contributed by atoms with van der Waals surface area (Å²) in [5.74, 6) is 0. The van der Waals surface area contributed by atoms with Gasteiger partial charge in [-0.3, -0.25) is 0 Å². The minimum absolute atomic E-state index is 0.360. The Morgan fingerprint density at radius 2 is 1.83 bits per heavy atom. The number of amides is 1. The second-order valence-electron chi connectivity index (χ2n) is 2.95. The molecule has 3 fully saturated rings. The average Bonchev–Trinajstić information content (AvgIpc) is 2.07. The van der Waals surface area contributed by atoms with E-state index in [0.29, 0.717) is 25.2 Å². The van der Waals surface area contributed by atoms with Crippen LogP contribution < -0.4 is 5.32 Å². The van der Waals surface area contributed by atoms with Gasteiger partial charge in [-0.05, 0) is 6.42 Å². The molecular weight excluding hydrogens is 159 g/mol. The quantitative estimate of drug-likeness (QED) is 0.441. The lowest BCUT2D eigenvalue weighted by atomic mass is 9.92. The lowest BCUT2D eigenvalue weighted by molar-refractivity contribution is 0.0846. The van der Waals surface area contributed by atoms with Gasteiger partial charge < -0.3 is 10.2 Å². The maximum atomic E-state index is 12.0. The molecule has 12 heavy (non-hydrogen) atoms. The zero-order chi connectivity index (χ0) is 9.14. The molecule has 3 nitrogen and oxygen atoms in total. The lowest BCUT2D eigenvalue weighted by Gasteiger charge is -2.47. The summed E-state index contributed by atoms with van der Waals surface area (Å²) in [4.78, 5) is 11.5. The van der Waals surface area contributed by atoms with Crippen molar-refractivity contribution in [1.29, 1.82) is 0 Å². The molecule has 1 amide bonds. The third kappa shape index (κ3) is 1.75. The zero-order valence-corrected chi connectivity index (χ0v) is 7.51. The van der Waals surface area contributed by atoms with Crippen molar-refractivity contribution in [2.45, 2.75) is 32.4 Å². The molecule has 70 valence electrons. The van der Waals surface area contributed by atoms with Crippen LogP contribution in [0.5, 0.6) is 0 Å². The van der Waals surface area contributed by atoms with Gasteiger partial charge >= 0.3 is 6.16 Å². The van der Waals surface area contributed by atoms with E-state index in [1.165, 1.54) is 4.90 Å². The molecule has 2 atom stereocenters. The number of carbonyl (C=O) groups is 1. The number of piperazine rings is 1. The van der Waals surface area contributed by atoms with Gasteiger partial charge in [-0.15, -0.1) is 4.39 Å². The van der Waals surface area contributed by atoms with Crippen LogP contribution in [0.4, 0.5) is 9.18 Å². The molecule has 3 aliphatic heterocycles. The summed E-state index contributed by atoms with van der Waals surface area (Å²) in [5, 5.41) is 3.20. The Morgan fingerprint density at radius 1 is 1.42 bits per heavy atom. The van der Waals surface area contributed by atoms with Crippen molar-refractivity contribution in [3.05, 3.63) is 0 Å². The standard InChI is InChI=1S/C6H9FN2O.C2H6/c7-6(10)9-2-4-1-5(3-9)8-4;1-2/h4-5,8H,1-3H2;1-2H3. The summed E-state index contributed by atoms with van der Waals surface area (Å²) < 4.78 is 12.0. The summed E-state index contributed by atoms with van der Waals surface area (Å²) >= 11 is 0. The Morgan fingerprint density at radius 3 is 2.08 bits per heavy atom. The van der Waals surface area contributed by atoms with E-state index in [4.69, 9.17) is 0 Å². The molecule has 0 radical (unpaired) electrons. The van der Waals surface area contributed by atoms with E-state index in [1.54, 1.807) is 0 Å². The fourth-order valence-electron chi connectivity index (χ4n) is 1.66. The fraction of sp³-hybridized carbons (Fsp3) is 0.875. The molecule has 0 aliphatic carbocycles. The number of nitrogens with zero attached hydrogens (tertiary/aromatic N) is 1. The number of hydrogen-bond acceptors (Lipinski definition) is 2. The van der Waals surface area contributed by atoms with Crippen LogP contribution in [0.3, 0.4) is 0 Å². The minimum Gasteiger partial charge on any atom is -0.312 e. The van der Waals surface area contributed by atoms with E-state index in [0.717, 1.165) is 6.42 Å². The molecular formula is C8H15FN2O. The molecule has 1 N–H and O–H groups in total. The number of hydrogen-bond donors (Lipinski definition) is 1. The van der Waals surface area contributed by atoms with Crippen LogP contribution in [0.1, 0.15) is 20.3 Å². The van der Waals surface area contributed by atoms with Crippen molar-refractivity contribution >= 4 is 6.16 Å². The largest absolute Gasteiger partial charge is 0.400 e. The van der Waals surface area contributed by atoms with Gasteiger partial charge in [0.1, 0.15) is 0 Å². The number of halogens is 1. The Labute approximate surface area is 71.9 Å². The summed E-state index contributed by atoms with van der Waals surface area (Å²) in [5.41, 5.74) is 0. The number of nitrogens with one attached hydrogen (secondary N) is 1. The molecule has 2 bridgehead atoms. The van der Waals surface area contributed by atoms with Gasteiger partial charge in [0.25, 0.3) is 0 Å². The maximum absolute atomic E-state index is 12.0. The molecule has 0 saturated carbocycles. The summed E-state index contributed by atoms with van der Waals surface area (Å²) in [6.07, 6.45) is -0.180. The van der Waals surface area contributed by atoms with Gasteiger partial charge in [-0.2, -0.15) is 0 Å². The van der Waals surface area contributed by atoms with Crippen molar-refractivity contribution in [2.75, 3.05) is 13.1 Å². The van der Waals surface area contributed by atoms with Crippen LogP contribution >= 0.6 is 0 Å². The summed E-state index contributed by atoms with van der Waals surface area (Å²) in [6.45, 7) is 5.09. The van der Waals surface area contributed by atoms with Crippen LogP contribution in [-0.4, -0.2) is 36.2 Å². The Hall–Kier alpha value is -0.640. The Balaban J connectivity index is 0.000000336. The number of rotatable bonds is 0. The Kier molecular flexibility index (Phi) is 3.03. The molecule has 0 aromatic carbocycles. The van der Waals surface area contributed by atoms with Crippen molar-refractivity contribution in [2.24, 2.45) is 0 Å². The first-order valence-corrected chi connectivity index (χ1v) is 4.46. The van der Waals surface area contributed by atoms with Gasteiger partial charge in [0.2, 0.25) is 0 Å². The maximum Gasteiger partial charge on any atom is 0.400 e. The van der Waals surface area contributed by atoms with E-state index in [9.17, 15) is 9.18 Å². The fourth-order valence-corrected chi connectivity index (χ4v) is 1.66. The monoisotopic (exact) mass is 174 g/mol. The highest BCUT2D eigenvalue weighted by Gasteiger charge is 2.38. The molecule has 3 rings (SSSR count). The van der Waals surface area contributed by atoms with Crippen LogP contribution in [0.2, 0.25) is 0 Å². The van der Waals surface area contributed by atoms with Crippen LogP contribution in [0.25, 0.3) is 0 Å². The normalized spacial score (nSPS) is 31.4. The van der Waals surface area contributed by atoms with Gasteiger partial charge in [-0.25, -0.2) is 4.79 Å². The molecule has 3 aliphatic rings. The number of fused-ring (bicyclic) bond motifs is 2. The third-order valence-electron chi connectivity index (χ3n) is 2.17. The second-order valence-corrected chi connectivity index (χ2v) is 2.95. The summed E-state index contributed by atoms with van der Waals surface area (Å²) in [7, 11) is 0. The first-order chi connectivity index (χ1) is 5.75. The number of piperidine rings is 1. The zero-order valence-electron chi connectivity index (χ0n) is 7.51. The molecule has 2 unspecified atom stereocenters. The molecule has 0 spiro atoms. The summed E-state index contributed by atoms with van der Waals surface area (Å²) in [6, 6.07) is 0.719. The van der Waals surface area contributed by atoms with Gasteiger partial charge in [-0.1, -0.05) is 13.8 Å². The Bertz CT molecular complexity index is 158. The predicted molar refractivity (Wildman–Crippen MR) is 44.8 cm³/mol. The topological polar surface area (TPSA) is 32.3 Å².